The standard InChI is InChI=1S/C21H23N3OS/c1-4-10-25-18-7-5-6-17(12-18)13-22-24-21-23-20(14-26-21)19-9-8-15(2)11-16(19)3/h5-9,11-14H,4,10H2,1-3H3,(H,23,24)/b22-13-. The second-order valence-electron chi connectivity index (χ2n) is 6.15. The molecule has 4 nitrogen and oxygen atoms in total. The van der Waals surface area contributed by atoms with Crippen LogP contribution < -0.4 is 10.2 Å². The van der Waals surface area contributed by atoms with Crippen molar-refractivity contribution < 1.29 is 4.74 Å². The highest BCUT2D eigenvalue weighted by molar-refractivity contribution is 7.14. The van der Waals surface area contributed by atoms with Gasteiger partial charge in [0.25, 0.3) is 0 Å². The fourth-order valence-corrected chi connectivity index (χ4v) is 3.28. The van der Waals surface area contributed by atoms with Crippen LogP contribution in [0.5, 0.6) is 5.75 Å². The largest absolute Gasteiger partial charge is 0.494 e. The van der Waals surface area contributed by atoms with Crippen molar-refractivity contribution in [3.8, 4) is 17.0 Å². The highest BCUT2D eigenvalue weighted by Gasteiger charge is 2.06. The highest BCUT2D eigenvalue weighted by atomic mass is 32.1. The SMILES string of the molecule is CCCOc1cccc(/C=N\Nc2nc(-c3ccc(C)cc3C)cs2)c1. The van der Waals surface area contributed by atoms with E-state index in [4.69, 9.17) is 4.74 Å². The summed E-state index contributed by atoms with van der Waals surface area (Å²) in [5.74, 6) is 0.863. The minimum absolute atomic E-state index is 0.721. The first-order chi connectivity index (χ1) is 12.7. The Morgan fingerprint density at radius 1 is 1.19 bits per heavy atom. The van der Waals surface area contributed by atoms with Crippen LogP contribution in [-0.2, 0) is 0 Å². The van der Waals surface area contributed by atoms with E-state index in [-0.39, 0.29) is 0 Å². The van der Waals surface area contributed by atoms with E-state index < -0.39 is 0 Å². The fraction of sp³-hybridized carbons (Fsp3) is 0.238. The number of hydrogen-bond acceptors (Lipinski definition) is 5. The zero-order valence-electron chi connectivity index (χ0n) is 15.3. The number of anilines is 1. The number of rotatable bonds is 7. The Bertz CT molecular complexity index is 902. The van der Waals surface area contributed by atoms with Gasteiger partial charge in [-0.1, -0.05) is 42.8 Å². The molecule has 0 radical (unpaired) electrons. The summed E-state index contributed by atoms with van der Waals surface area (Å²) in [4.78, 5) is 4.63. The minimum Gasteiger partial charge on any atom is -0.494 e. The average molecular weight is 366 g/mol. The lowest BCUT2D eigenvalue weighted by Crippen LogP contribution is -1.96. The Hall–Kier alpha value is -2.66. The highest BCUT2D eigenvalue weighted by Crippen LogP contribution is 2.28. The molecule has 0 unspecified atom stereocenters. The van der Waals surface area contributed by atoms with E-state index in [2.05, 4.69) is 59.9 Å². The lowest BCUT2D eigenvalue weighted by Gasteiger charge is -2.04. The van der Waals surface area contributed by atoms with Gasteiger partial charge in [0.2, 0.25) is 5.13 Å². The molecular weight excluding hydrogens is 342 g/mol. The van der Waals surface area contributed by atoms with E-state index >= 15 is 0 Å². The van der Waals surface area contributed by atoms with Crippen molar-refractivity contribution in [3.05, 3.63) is 64.5 Å². The molecule has 0 amide bonds. The van der Waals surface area contributed by atoms with Crippen LogP contribution in [0.2, 0.25) is 0 Å². The molecule has 0 atom stereocenters. The van der Waals surface area contributed by atoms with Crippen molar-refractivity contribution in [1.82, 2.24) is 4.98 Å². The third-order valence-electron chi connectivity index (χ3n) is 3.87. The molecule has 0 saturated carbocycles. The molecule has 5 heteroatoms. The number of nitrogens with one attached hydrogen (secondary N) is 1. The van der Waals surface area contributed by atoms with E-state index in [0.29, 0.717) is 0 Å². The zero-order chi connectivity index (χ0) is 18.4. The molecule has 26 heavy (non-hydrogen) atoms. The van der Waals surface area contributed by atoms with Crippen molar-refractivity contribution in [2.24, 2.45) is 5.10 Å². The maximum Gasteiger partial charge on any atom is 0.203 e. The van der Waals surface area contributed by atoms with Gasteiger partial charge in [0.1, 0.15) is 5.75 Å². The number of hydrazone groups is 1. The van der Waals surface area contributed by atoms with Crippen LogP contribution >= 0.6 is 11.3 Å². The molecule has 0 aliphatic heterocycles. The lowest BCUT2D eigenvalue weighted by atomic mass is 10.0. The monoisotopic (exact) mass is 365 g/mol. The first kappa shape index (κ1) is 18.1. The predicted octanol–water partition coefficient (Wildman–Crippen LogP) is 5.66. The summed E-state index contributed by atoms with van der Waals surface area (Å²) in [5.41, 5.74) is 8.62. The van der Waals surface area contributed by atoms with Crippen molar-refractivity contribution in [3.63, 3.8) is 0 Å². The summed E-state index contributed by atoms with van der Waals surface area (Å²) in [6, 6.07) is 14.3. The Kier molecular flexibility index (Phi) is 6.02. The smallest absolute Gasteiger partial charge is 0.203 e. The Labute approximate surface area is 158 Å². The second kappa shape index (κ2) is 8.63. The molecule has 2 aromatic carbocycles. The van der Waals surface area contributed by atoms with Gasteiger partial charge < -0.3 is 4.74 Å². The van der Waals surface area contributed by atoms with Crippen molar-refractivity contribution in [2.75, 3.05) is 12.0 Å². The molecule has 134 valence electrons. The molecule has 1 heterocycles. The lowest BCUT2D eigenvalue weighted by molar-refractivity contribution is 0.317. The summed E-state index contributed by atoms with van der Waals surface area (Å²) >= 11 is 1.55. The van der Waals surface area contributed by atoms with Gasteiger partial charge in [0, 0.05) is 10.9 Å². The molecule has 0 saturated heterocycles. The van der Waals surface area contributed by atoms with Gasteiger partial charge in [-0.3, -0.25) is 5.43 Å². The number of nitrogens with zero attached hydrogens (tertiary/aromatic N) is 2. The summed E-state index contributed by atoms with van der Waals surface area (Å²) < 4.78 is 5.64. The van der Waals surface area contributed by atoms with Gasteiger partial charge >= 0.3 is 0 Å². The summed E-state index contributed by atoms with van der Waals surface area (Å²) in [5, 5.41) is 7.12. The zero-order valence-corrected chi connectivity index (χ0v) is 16.1. The molecule has 3 aromatic rings. The van der Waals surface area contributed by atoms with Gasteiger partial charge in [-0.25, -0.2) is 4.98 Å². The maximum absolute atomic E-state index is 5.64. The van der Waals surface area contributed by atoms with E-state index in [0.717, 1.165) is 40.7 Å². The van der Waals surface area contributed by atoms with E-state index in [1.807, 2.05) is 24.3 Å². The Morgan fingerprint density at radius 3 is 2.88 bits per heavy atom. The van der Waals surface area contributed by atoms with Crippen LogP contribution in [0.25, 0.3) is 11.3 Å². The second-order valence-corrected chi connectivity index (χ2v) is 7.01. The molecule has 1 N–H and O–H groups in total. The third kappa shape index (κ3) is 4.70. The van der Waals surface area contributed by atoms with Gasteiger partial charge in [-0.2, -0.15) is 5.10 Å². The van der Waals surface area contributed by atoms with Crippen LogP contribution in [0.15, 0.2) is 52.9 Å². The Balaban J connectivity index is 1.65. The Morgan fingerprint density at radius 2 is 2.08 bits per heavy atom. The molecule has 0 fully saturated rings. The molecule has 0 aliphatic carbocycles. The third-order valence-corrected chi connectivity index (χ3v) is 4.61. The molecule has 3 rings (SSSR count). The predicted molar refractivity (Wildman–Crippen MR) is 110 cm³/mol. The number of aromatic nitrogens is 1. The summed E-state index contributed by atoms with van der Waals surface area (Å²) in [6.45, 7) is 7.02. The normalized spacial score (nSPS) is 11.0. The van der Waals surface area contributed by atoms with Crippen LogP contribution in [0.3, 0.4) is 0 Å². The number of thiazole rings is 1. The topological polar surface area (TPSA) is 46.5 Å². The molecule has 0 aliphatic rings. The van der Waals surface area contributed by atoms with Gasteiger partial charge in [0.15, 0.2) is 0 Å². The van der Waals surface area contributed by atoms with Gasteiger partial charge in [-0.05, 0) is 43.5 Å². The van der Waals surface area contributed by atoms with E-state index in [1.165, 1.54) is 11.1 Å². The average Bonchev–Trinajstić information content (AvgIpc) is 3.09. The van der Waals surface area contributed by atoms with Crippen LogP contribution in [0.4, 0.5) is 5.13 Å². The van der Waals surface area contributed by atoms with Gasteiger partial charge in [-0.15, -0.1) is 11.3 Å². The summed E-state index contributed by atoms with van der Waals surface area (Å²) in [6.07, 6.45) is 2.77. The maximum atomic E-state index is 5.64. The van der Waals surface area contributed by atoms with E-state index in [9.17, 15) is 0 Å². The molecule has 1 aromatic heterocycles. The van der Waals surface area contributed by atoms with Gasteiger partial charge in [0.05, 0.1) is 18.5 Å². The summed E-state index contributed by atoms with van der Waals surface area (Å²) in [7, 11) is 0. The number of hydrogen-bond donors (Lipinski definition) is 1. The fourth-order valence-electron chi connectivity index (χ4n) is 2.62. The van der Waals surface area contributed by atoms with Crippen molar-refractivity contribution >= 4 is 22.7 Å². The quantitative estimate of drug-likeness (QED) is 0.434. The molecule has 0 spiro atoms. The van der Waals surface area contributed by atoms with E-state index in [1.54, 1.807) is 17.6 Å². The number of aryl methyl sites for hydroxylation is 2. The number of ether oxygens (including phenoxy) is 1. The molecule has 0 bridgehead atoms. The number of benzene rings is 2. The van der Waals surface area contributed by atoms with Crippen molar-refractivity contribution in [2.45, 2.75) is 27.2 Å². The first-order valence-electron chi connectivity index (χ1n) is 8.71. The van der Waals surface area contributed by atoms with Crippen molar-refractivity contribution in [1.29, 1.82) is 0 Å². The van der Waals surface area contributed by atoms with Crippen LogP contribution in [-0.4, -0.2) is 17.8 Å². The first-order valence-corrected chi connectivity index (χ1v) is 9.59. The van der Waals surface area contributed by atoms with Crippen LogP contribution in [0.1, 0.15) is 30.0 Å². The molecular formula is C21H23N3OS. The minimum atomic E-state index is 0.721. The van der Waals surface area contributed by atoms with Crippen LogP contribution in [0, 0.1) is 13.8 Å².